The maximum absolute atomic E-state index is 11.5. The lowest BCUT2D eigenvalue weighted by Gasteiger charge is -2.42. The van der Waals surface area contributed by atoms with E-state index in [1.54, 1.807) is 12.1 Å². The van der Waals surface area contributed by atoms with Crippen molar-refractivity contribution < 1.29 is 76.9 Å². The van der Waals surface area contributed by atoms with Crippen LogP contribution in [0.4, 0.5) is 0 Å². The van der Waals surface area contributed by atoms with E-state index in [0.717, 1.165) is 25.7 Å². The van der Waals surface area contributed by atoms with Crippen LogP contribution in [0.15, 0.2) is 48.5 Å². The Labute approximate surface area is 302 Å². The third-order valence-electron chi connectivity index (χ3n) is 8.36. The summed E-state index contributed by atoms with van der Waals surface area (Å²) in [5, 5.41) is 22.8. The highest BCUT2D eigenvalue weighted by Crippen LogP contribution is 2.42. The first kappa shape index (κ1) is 16.3. The maximum atomic E-state index is 11.5. The van der Waals surface area contributed by atoms with E-state index in [1.807, 2.05) is 0 Å². The first-order valence-electron chi connectivity index (χ1n) is 24.5. The lowest BCUT2D eigenvalue weighted by molar-refractivity contribution is -0.872. The van der Waals surface area contributed by atoms with E-state index >= 15 is 0 Å². The Morgan fingerprint density at radius 3 is 1.55 bits per heavy atom. The lowest BCUT2D eigenvalue weighted by Crippen LogP contribution is -3.00. The molecule has 2 atom stereocenters. The molecule has 2 unspecified atom stereocenters. The summed E-state index contributed by atoms with van der Waals surface area (Å²) in [7, 11) is -5.31. The summed E-state index contributed by atoms with van der Waals surface area (Å²) in [6, 6.07) is 11.4. The average molecular weight is 718 g/mol. The SMILES string of the molecule is [2H]C([2H])([2H])Oc1ccc(C(CN(C([2H])([2H])[2H])C([2H])([2H])[2H])C2(O)CCCCC2)cc1.[2H]C([2H])([2H])Oc1ccc(C(C[N+](C([2H])([2H])[2H])(C([2H])([2H])[2H])C([2H])([2H])[2H])C2(O)CCCCC2)cc1.[I-]. The molecular weight excluding hydrogens is 639 g/mol. The fourth-order valence-electron chi connectivity index (χ4n) is 6.19. The molecule has 2 fully saturated rings. The van der Waals surface area contributed by atoms with Crippen LogP contribution in [0.1, 0.15) is 116 Å². The van der Waals surface area contributed by atoms with Gasteiger partial charge in [0.15, 0.2) is 0 Å². The smallest absolute Gasteiger partial charge is 0.118 e. The summed E-state index contributed by atoms with van der Waals surface area (Å²) < 4.78 is 168. The van der Waals surface area contributed by atoms with E-state index in [4.69, 9.17) is 38.3 Å². The predicted octanol–water partition coefficient (Wildman–Crippen LogP) is 3.22. The van der Waals surface area contributed by atoms with Gasteiger partial charge in [-0.15, -0.1) is 0 Å². The zero-order valence-corrected chi connectivity index (χ0v) is 25.9. The van der Waals surface area contributed by atoms with Crippen molar-refractivity contribution in [3.05, 3.63) is 59.7 Å². The Hall–Kier alpha value is -1.39. The van der Waals surface area contributed by atoms with Crippen LogP contribution in [0, 0.1) is 0 Å². The molecule has 0 radical (unpaired) electrons. The lowest BCUT2D eigenvalue weighted by atomic mass is 9.72. The van der Waals surface area contributed by atoms with E-state index in [1.165, 1.54) is 36.4 Å². The number of nitrogens with zero attached hydrogens (tertiary/aromatic N) is 2. The molecule has 2 N–H and O–H groups in total. The summed E-state index contributed by atoms with van der Waals surface area (Å²) in [4.78, 5) is 0.462. The minimum Gasteiger partial charge on any atom is -1.00 e. The number of methoxy groups -OCH3 is 2. The molecule has 0 bridgehead atoms. The normalized spacial score (nSPS) is 29.0. The molecule has 7 heteroatoms. The van der Waals surface area contributed by atoms with Crippen LogP contribution in [0.3, 0.4) is 0 Å². The van der Waals surface area contributed by atoms with E-state index in [9.17, 15) is 10.2 Å². The fraction of sp³-hybridized carbons (Fsp3) is 0.657. The Balaban J connectivity index is 0.000000430. The minimum absolute atomic E-state index is 0. The van der Waals surface area contributed by atoms with Gasteiger partial charge in [-0.05, 0) is 75.0 Å². The van der Waals surface area contributed by atoms with Crippen molar-refractivity contribution in [2.24, 2.45) is 0 Å². The van der Waals surface area contributed by atoms with E-state index in [2.05, 4.69) is 0 Å². The summed E-state index contributed by atoms with van der Waals surface area (Å²) in [6.45, 7) is -17.3. The summed E-state index contributed by atoms with van der Waals surface area (Å²) >= 11 is 0. The van der Waals surface area contributed by atoms with Crippen molar-refractivity contribution in [1.29, 1.82) is 0 Å². The number of likely N-dealkylation sites (N-methyl/N-ethyl adjacent to an activating group) is 2. The van der Waals surface area contributed by atoms with Crippen molar-refractivity contribution in [3.63, 3.8) is 0 Å². The number of benzene rings is 2. The molecule has 0 aromatic heterocycles. The number of rotatable bonds is 10. The summed E-state index contributed by atoms with van der Waals surface area (Å²) in [6.07, 6.45) is 5.87. The maximum Gasteiger partial charge on any atom is 0.118 e. The molecule has 4 rings (SSSR count). The van der Waals surface area contributed by atoms with Crippen LogP contribution in [0.5, 0.6) is 11.5 Å². The Kier molecular flexibility index (Phi) is 6.43. The van der Waals surface area contributed by atoms with Crippen LogP contribution >= 0.6 is 0 Å². The van der Waals surface area contributed by atoms with Crippen LogP contribution in [-0.2, 0) is 0 Å². The van der Waals surface area contributed by atoms with Gasteiger partial charge in [-0.3, -0.25) is 0 Å². The highest BCUT2D eigenvalue weighted by atomic mass is 127. The van der Waals surface area contributed by atoms with Gasteiger partial charge in [0.25, 0.3) is 0 Å². The summed E-state index contributed by atoms with van der Waals surface area (Å²) in [5.41, 5.74) is -1.95. The second kappa shape index (κ2) is 16.6. The largest absolute Gasteiger partial charge is 1.00 e. The van der Waals surface area contributed by atoms with Crippen molar-refractivity contribution in [3.8, 4) is 11.5 Å². The van der Waals surface area contributed by atoms with Gasteiger partial charge >= 0.3 is 0 Å². The second-order valence-corrected chi connectivity index (χ2v) is 11.4. The van der Waals surface area contributed by atoms with Gasteiger partial charge in [0, 0.05) is 20.7 Å². The predicted molar refractivity (Wildman–Crippen MR) is 169 cm³/mol. The van der Waals surface area contributed by atoms with Crippen molar-refractivity contribution in [2.75, 3.05) is 62.0 Å². The minimum atomic E-state index is -3.44. The zero-order valence-electron chi connectivity index (χ0n) is 44.7. The van der Waals surface area contributed by atoms with Gasteiger partial charge in [0.1, 0.15) is 11.5 Å². The highest BCUT2D eigenvalue weighted by molar-refractivity contribution is 5.32. The van der Waals surface area contributed by atoms with Crippen LogP contribution in [0.25, 0.3) is 0 Å². The molecule has 2 saturated carbocycles. The number of ether oxygens (including phenoxy) is 2. The van der Waals surface area contributed by atoms with Gasteiger partial charge < -0.3 is 53.0 Å². The first-order chi connectivity index (χ1) is 27.9. The number of quaternary nitrogens is 1. The molecule has 0 saturated heterocycles. The standard InChI is InChI=1S/C18H30NO2.C17H27NO2.HI/c1-19(2,3)14-17(18(20)12-6-5-7-13-18)15-8-10-16(21-4)11-9-15;1-18(2)13-16(17(19)11-5-4-6-12-17)14-7-9-15(20-3)10-8-14;/h8-11,17,20H,5-7,12-14H2,1-4H3;7-10,16,19H,4-6,11-13H2,1-3H3;1H/q+1;;/p-1/i1D3,2D3,3D3,4D3;1D3,2D3,3D3;. The molecule has 2 aliphatic rings. The van der Waals surface area contributed by atoms with Crippen molar-refractivity contribution in [1.82, 2.24) is 4.90 Å². The molecule has 0 amide bonds. The van der Waals surface area contributed by atoms with Gasteiger partial charge in [-0.1, -0.05) is 62.8 Å². The Morgan fingerprint density at radius 1 is 0.714 bits per heavy atom. The molecule has 0 heterocycles. The molecule has 238 valence electrons. The zero-order chi connectivity index (χ0) is 47.6. The first-order valence-corrected chi connectivity index (χ1v) is 14.0. The number of halogens is 1. The topological polar surface area (TPSA) is 62.2 Å². The highest BCUT2D eigenvalue weighted by Gasteiger charge is 2.41. The molecule has 2 aromatic rings. The van der Waals surface area contributed by atoms with Crippen LogP contribution in [0.2, 0.25) is 0 Å². The number of aliphatic hydroxyl groups is 2. The second-order valence-electron chi connectivity index (χ2n) is 11.4. The molecule has 6 nitrogen and oxygen atoms in total. The summed E-state index contributed by atoms with van der Waals surface area (Å²) in [5.74, 6) is -1.82. The average Bonchev–Trinajstić information content (AvgIpc) is 3.06. The van der Waals surface area contributed by atoms with Gasteiger partial charge in [-0.2, -0.15) is 0 Å². The Bertz CT molecular complexity index is 1660. The van der Waals surface area contributed by atoms with Gasteiger partial charge in [0.2, 0.25) is 0 Å². The van der Waals surface area contributed by atoms with Gasteiger partial charge in [-0.25, -0.2) is 0 Å². The number of hydrogen-bond donors (Lipinski definition) is 2. The molecule has 0 aliphatic heterocycles. The number of hydrogen-bond acceptors (Lipinski definition) is 5. The van der Waals surface area contributed by atoms with Crippen molar-refractivity contribution >= 4 is 0 Å². The molecule has 42 heavy (non-hydrogen) atoms. The molecule has 2 aliphatic carbocycles. The molecule has 0 spiro atoms. The van der Waals surface area contributed by atoms with Gasteiger partial charge in [0.05, 0.1) is 79.2 Å². The van der Waals surface area contributed by atoms with E-state index in [0.29, 0.717) is 41.7 Å². The third-order valence-corrected chi connectivity index (χ3v) is 8.36. The Morgan fingerprint density at radius 2 is 1.14 bits per heavy atom. The fourth-order valence-corrected chi connectivity index (χ4v) is 6.19. The molecular formula is C35H57IN2O4. The quantitative estimate of drug-likeness (QED) is 0.292. The van der Waals surface area contributed by atoms with Crippen LogP contribution < -0.4 is 33.5 Å². The van der Waals surface area contributed by atoms with E-state index in [-0.39, 0.29) is 54.9 Å². The van der Waals surface area contributed by atoms with E-state index < -0.39 is 83.0 Å². The van der Waals surface area contributed by atoms with Crippen LogP contribution in [-0.4, -0.2) is 92.8 Å². The monoisotopic (exact) mass is 717 g/mol. The molecule has 2 aromatic carbocycles. The third kappa shape index (κ3) is 10.7. The van der Waals surface area contributed by atoms with Crippen molar-refractivity contribution in [2.45, 2.75) is 87.2 Å².